The minimum atomic E-state index is -1.93. The van der Waals surface area contributed by atoms with Crippen LogP contribution in [0.15, 0.2) is 46.1 Å². The molecule has 0 saturated carbocycles. The van der Waals surface area contributed by atoms with Crippen molar-refractivity contribution in [3.63, 3.8) is 0 Å². The molecule has 7 heterocycles. The molecule has 0 aliphatic carbocycles. The van der Waals surface area contributed by atoms with E-state index in [4.69, 9.17) is 23.9 Å². The Balaban J connectivity index is 1.07. The minimum Gasteiger partial charge on any atom is -0.507 e. The fraction of sp³-hybridized carbons (Fsp3) is 0.636. The van der Waals surface area contributed by atoms with Crippen molar-refractivity contribution in [2.45, 2.75) is 117 Å². The van der Waals surface area contributed by atoms with Crippen LogP contribution in [0.5, 0.6) is 17.2 Å². The Hall–Kier alpha value is -5.44. The van der Waals surface area contributed by atoms with Gasteiger partial charge in [0.2, 0.25) is 5.91 Å². The van der Waals surface area contributed by atoms with Gasteiger partial charge in [0.15, 0.2) is 5.75 Å². The molecule has 2 amide bonds. The Morgan fingerprint density at radius 3 is 2.23 bits per heavy atom. The molecular weight excluding hydrogens is 951 g/mol. The van der Waals surface area contributed by atoms with Gasteiger partial charge in [-0.05, 0) is 38.7 Å². The number of piperidine rings is 1. The van der Waals surface area contributed by atoms with Gasteiger partial charge in [-0.1, -0.05) is 52.8 Å². The molecule has 2 aromatic rings. The molecular formula is C55H77N7O12. The Kier molecular flexibility index (Phi) is 16.9. The Morgan fingerprint density at radius 1 is 0.878 bits per heavy atom. The summed E-state index contributed by atoms with van der Waals surface area (Å²) in [6.07, 6.45) is 5.81. The lowest BCUT2D eigenvalue weighted by Crippen LogP contribution is -2.51. The number of benzene rings is 2. The first kappa shape index (κ1) is 54.8. The van der Waals surface area contributed by atoms with Gasteiger partial charge in [-0.15, -0.1) is 0 Å². The lowest BCUT2D eigenvalue weighted by molar-refractivity contribution is -0.159. The van der Waals surface area contributed by atoms with Crippen LogP contribution in [0.25, 0.3) is 10.8 Å². The zero-order valence-corrected chi connectivity index (χ0v) is 44.4. The summed E-state index contributed by atoms with van der Waals surface area (Å²) in [5, 5.41) is 51.1. The number of hydrogen-bond donors (Lipinski definition) is 5. The van der Waals surface area contributed by atoms with Crippen molar-refractivity contribution in [3.05, 3.63) is 58.0 Å². The zero-order chi connectivity index (χ0) is 53.2. The van der Waals surface area contributed by atoms with Crippen molar-refractivity contribution in [1.82, 2.24) is 19.6 Å². The monoisotopic (exact) mass is 1030 g/mol. The number of carbonyl (C=O) groups is 4. The van der Waals surface area contributed by atoms with Gasteiger partial charge in [0, 0.05) is 126 Å². The van der Waals surface area contributed by atoms with E-state index in [-0.39, 0.29) is 68.4 Å². The van der Waals surface area contributed by atoms with Crippen molar-refractivity contribution in [3.8, 4) is 17.2 Å². The number of ether oxygens (including phenoxy) is 4. The highest BCUT2D eigenvalue weighted by Gasteiger charge is 2.50. The van der Waals surface area contributed by atoms with Gasteiger partial charge in [0.25, 0.3) is 11.7 Å². The van der Waals surface area contributed by atoms with Crippen molar-refractivity contribution in [2.24, 2.45) is 33.7 Å². The van der Waals surface area contributed by atoms with E-state index in [1.54, 1.807) is 63.8 Å². The first-order chi connectivity index (χ1) is 35.2. The van der Waals surface area contributed by atoms with Crippen molar-refractivity contribution in [1.29, 1.82) is 0 Å². The topological polar surface area (TPSA) is 236 Å². The number of anilines is 1. The Labute approximate surface area is 433 Å². The number of phenols is 2. The lowest BCUT2D eigenvalue weighted by atomic mass is 9.81. The van der Waals surface area contributed by atoms with E-state index in [9.17, 15) is 39.6 Å². The van der Waals surface area contributed by atoms with Crippen LogP contribution in [0.2, 0.25) is 0 Å². The highest BCUT2D eigenvalue weighted by molar-refractivity contribution is 6.21. The van der Waals surface area contributed by atoms with E-state index in [1.807, 2.05) is 0 Å². The predicted molar refractivity (Wildman–Crippen MR) is 276 cm³/mol. The maximum Gasteiger partial charge on any atom is 0.315 e. The fourth-order valence-electron chi connectivity index (χ4n) is 11.2. The number of phenolic OH excluding ortho intramolecular Hbond substituents is 2. The van der Waals surface area contributed by atoms with Gasteiger partial charge in [0.05, 0.1) is 48.3 Å². The number of nitrogens with zero attached hydrogens (tertiary/aromatic N) is 6. The van der Waals surface area contributed by atoms with Crippen LogP contribution < -0.4 is 20.8 Å². The van der Waals surface area contributed by atoms with Gasteiger partial charge >= 0.3 is 11.8 Å². The third kappa shape index (κ3) is 11.5. The molecule has 7 aliphatic rings. The van der Waals surface area contributed by atoms with Crippen molar-refractivity contribution >= 4 is 40.0 Å². The number of aliphatic hydroxyl groups excluding tert-OH is 2. The maximum atomic E-state index is 14.8. The molecule has 0 aromatic heterocycles. The number of rotatable bonds is 8. The van der Waals surface area contributed by atoms with Crippen LogP contribution in [0, 0.1) is 30.6 Å². The minimum absolute atomic E-state index is 0.0590. The number of piperazine rings is 1. The number of likely N-dealkylation sites (tertiary alicyclic amines) is 1. The Bertz CT molecular complexity index is 2680. The second-order valence-corrected chi connectivity index (χ2v) is 21.8. The number of hydrogen-bond acceptors (Lipinski definition) is 17. The zero-order valence-electron chi connectivity index (χ0n) is 44.4. The predicted octanol–water partition coefficient (Wildman–Crippen LogP) is 3.73. The quantitative estimate of drug-likeness (QED) is 0.144. The third-order valence-electron chi connectivity index (χ3n) is 16.0. The second-order valence-electron chi connectivity index (χ2n) is 21.8. The number of amides is 2. The molecule has 5 bridgehead atoms. The van der Waals surface area contributed by atoms with Gasteiger partial charge in [-0.3, -0.25) is 34.0 Å². The smallest absolute Gasteiger partial charge is 0.315 e. The van der Waals surface area contributed by atoms with Crippen LogP contribution >= 0.6 is 0 Å². The maximum absolute atomic E-state index is 14.8. The average Bonchev–Trinajstić information content (AvgIpc) is 3.88. The highest BCUT2D eigenvalue weighted by Crippen LogP contribution is 2.51. The molecule has 3 fully saturated rings. The summed E-state index contributed by atoms with van der Waals surface area (Å²) in [6.45, 7) is 24.0. The summed E-state index contributed by atoms with van der Waals surface area (Å²) < 4.78 is 23.9. The molecule has 9 rings (SSSR count). The number of Topliss-reactive ketones (excluding diaryl/α,β-unsaturated/α-hetero) is 1. The summed E-state index contributed by atoms with van der Waals surface area (Å²) >= 11 is 0. The standard InChI is InChI=1S/C55H77N7O12/c1-32(2)31-61-17-15-55(16-18-61)57-44-41-42-49(67)37(7)51-43(41)52(69)54(8,74-51)72-27-10-9-14-38(73-40(64)30-39(63)62-23-21-59(22-24-62)19-20-60-25-28-71-29-26-60)35(5)48(66)36(6)47(65)33(3)12-11-13-34(4)53(70)56-46(50(42)68)45(44)58-55/h10-13,27,32-33,35-36,38,47-48,57,65-68H,9,14-26,28-31H2,1-8H3/b12-11+,27-10+,34-13-,56-46?/t33?,35-,36+,38+,47-,48?,54-/m0/s1. The van der Waals surface area contributed by atoms with E-state index in [1.165, 1.54) is 13.2 Å². The third-order valence-corrected chi connectivity index (χ3v) is 16.0. The molecule has 19 heteroatoms. The van der Waals surface area contributed by atoms with Gasteiger partial charge < -0.3 is 54.5 Å². The van der Waals surface area contributed by atoms with Crippen molar-refractivity contribution in [2.75, 3.05) is 90.5 Å². The van der Waals surface area contributed by atoms with Crippen LogP contribution in [0.1, 0.15) is 96.5 Å². The molecule has 404 valence electrons. The van der Waals surface area contributed by atoms with Crippen LogP contribution in [0.4, 0.5) is 5.69 Å². The number of aromatic hydroxyl groups is 2. The summed E-state index contributed by atoms with van der Waals surface area (Å²) in [6, 6.07) is 0. The molecule has 3 saturated heterocycles. The second kappa shape index (κ2) is 22.8. The number of nitrogens with one attached hydrogen (secondary N) is 1. The van der Waals surface area contributed by atoms with E-state index in [0.29, 0.717) is 50.6 Å². The molecule has 74 heavy (non-hydrogen) atoms. The normalized spacial score (nSPS) is 30.0. The first-order valence-corrected chi connectivity index (χ1v) is 26.6. The number of allylic oxidation sites excluding steroid dienone is 3. The van der Waals surface area contributed by atoms with Crippen molar-refractivity contribution < 1.29 is 58.6 Å². The summed E-state index contributed by atoms with van der Waals surface area (Å²) in [7, 11) is 0. The number of morpholine rings is 1. The summed E-state index contributed by atoms with van der Waals surface area (Å²) in [5.41, 5.74) is -0.123. The molecule has 2 unspecified atom stereocenters. The fourth-order valence-corrected chi connectivity index (χ4v) is 11.2. The number of esters is 1. The van der Waals surface area contributed by atoms with Gasteiger partial charge in [-0.25, -0.2) is 4.99 Å². The van der Waals surface area contributed by atoms with E-state index >= 15 is 0 Å². The first-order valence-electron chi connectivity index (χ1n) is 26.6. The lowest BCUT2D eigenvalue weighted by Gasteiger charge is -2.38. The van der Waals surface area contributed by atoms with Gasteiger partial charge in [0.1, 0.15) is 40.4 Å². The molecule has 19 nitrogen and oxygen atoms in total. The SMILES string of the molecule is C/C1=C/C=C/C(C)[C@H](O)[C@@H](C)C(O)[C@@H](C)[C@H](OC(=O)CC(=O)N2CCN(CCN3CCOCC3)CC2)CC/C=C/O[C@@]2(C)Oc3c(C)c(O)c4c(O)c(c5c(c4c3C2=O)NC2(CCN(CC(C)C)CC2)N=5)=NC1=O. The highest BCUT2D eigenvalue weighted by atomic mass is 16.7. The number of fused-ring (bicyclic) bond motifs is 13. The summed E-state index contributed by atoms with van der Waals surface area (Å²) in [5.74, 6) is -6.59. The van der Waals surface area contributed by atoms with E-state index < -0.39 is 77.3 Å². The molecule has 0 radical (unpaired) electrons. The number of ketones is 1. The van der Waals surface area contributed by atoms with E-state index in [2.05, 4.69) is 38.9 Å². The largest absolute Gasteiger partial charge is 0.507 e. The molecule has 7 atom stereocenters. The van der Waals surface area contributed by atoms with Gasteiger partial charge in [-0.2, -0.15) is 0 Å². The average molecular weight is 1030 g/mol. The van der Waals surface area contributed by atoms with E-state index in [0.717, 1.165) is 59.0 Å². The number of carbonyl (C=O) groups excluding carboxylic acids is 4. The number of aliphatic hydroxyl groups is 2. The summed E-state index contributed by atoms with van der Waals surface area (Å²) in [4.78, 5) is 74.2. The van der Waals surface area contributed by atoms with Crippen LogP contribution in [-0.2, 0) is 28.6 Å². The van der Waals surface area contributed by atoms with Crippen LogP contribution in [0.3, 0.4) is 0 Å². The Morgan fingerprint density at radius 2 is 1.55 bits per heavy atom. The molecule has 5 N–H and O–H groups in total. The van der Waals surface area contributed by atoms with Crippen LogP contribution in [-0.4, -0.2) is 179 Å². The molecule has 7 aliphatic heterocycles. The molecule has 2 aromatic carbocycles. The molecule has 1 spiro atoms.